The Bertz CT molecular complexity index is 250. The first-order chi connectivity index (χ1) is 7.95. The highest BCUT2D eigenvalue weighted by molar-refractivity contribution is 9.09. The number of carbonyl (C=O) groups excluding carboxylic acids is 1. The lowest BCUT2D eigenvalue weighted by molar-refractivity contribution is -0.184. The molecule has 1 aliphatic carbocycles. The van der Waals surface area contributed by atoms with E-state index >= 15 is 0 Å². The predicted octanol–water partition coefficient (Wildman–Crippen LogP) is 3.26. The van der Waals surface area contributed by atoms with Gasteiger partial charge in [-0.25, -0.2) is 0 Å². The minimum Gasteiger partial charge on any atom is -0.356 e. The van der Waals surface area contributed by atoms with Crippen molar-refractivity contribution in [1.29, 1.82) is 0 Å². The van der Waals surface area contributed by atoms with E-state index in [4.69, 9.17) is 0 Å². The van der Waals surface area contributed by atoms with Gasteiger partial charge in [-0.05, 0) is 32.1 Å². The molecular formula is C11H17BrF3NO. The summed E-state index contributed by atoms with van der Waals surface area (Å²) >= 11 is 3.25. The lowest BCUT2D eigenvalue weighted by Gasteiger charge is -2.29. The van der Waals surface area contributed by atoms with Gasteiger partial charge in [0.05, 0.1) is 5.92 Å². The van der Waals surface area contributed by atoms with Gasteiger partial charge < -0.3 is 5.32 Å². The van der Waals surface area contributed by atoms with Gasteiger partial charge in [-0.2, -0.15) is 13.2 Å². The van der Waals surface area contributed by atoms with E-state index in [9.17, 15) is 18.0 Å². The molecule has 1 saturated carbocycles. The van der Waals surface area contributed by atoms with Crippen molar-refractivity contribution in [3.63, 3.8) is 0 Å². The normalized spacial score (nSPS) is 25.6. The highest BCUT2D eigenvalue weighted by Crippen LogP contribution is 2.39. The van der Waals surface area contributed by atoms with E-state index in [1.165, 1.54) is 0 Å². The van der Waals surface area contributed by atoms with Crippen LogP contribution in [-0.4, -0.2) is 24.0 Å². The van der Waals surface area contributed by atoms with Gasteiger partial charge in [-0.1, -0.05) is 15.9 Å². The van der Waals surface area contributed by atoms with E-state index in [1.54, 1.807) is 0 Å². The second-order valence-electron chi connectivity index (χ2n) is 4.42. The molecule has 0 radical (unpaired) electrons. The zero-order valence-electron chi connectivity index (χ0n) is 9.52. The zero-order valence-corrected chi connectivity index (χ0v) is 11.1. The third-order valence-electron chi connectivity index (χ3n) is 3.17. The number of nitrogens with one attached hydrogen (secondary N) is 1. The fourth-order valence-electron chi connectivity index (χ4n) is 2.11. The lowest BCUT2D eigenvalue weighted by Crippen LogP contribution is -2.36. The summed E-state index contributed by atoms with van der Waals surface area (Å²) in [7, 11) is 0. The third-order valence-corrected chi connectivity index (χ3v) is 3.73. The van der Waals surface area contributed by atoms with E-state index in [0.717, 1.165) is 11.8 Å². The zero-order chi connectivity index (χ0) is 12.9. The molecule has 0 aromatic heterocycles. The molecule has 0 aromatic rings. The number of halogens is 4. The Kier molecular flexibility index (Phi) is 5.76. The van der Waals surface area contributed by atoms with Crippen LogP contribution in [0.15, 0.2) is 0 Å². The Labute approximate surface area is 107 Å². The van der Waals surface area contributed by atoms with Gasteiger partial charge in [0.1, 0.15) is 0 Å². The summed E-state index contributed by atoms with van der Waals surface area (Å²) in [6.45, 7) is 0.587. The Balaban J connectivity index is 2.29. The van der Waals surface area contributed by atoms with Gasteiger partial charge in [0.25, 0.3) is 0 Å². The van der Waals surface area contributed by atoms with Crippen LogP contribution in [0.25, 0.3) is 0 Å². The largest absolute Gasteiger partial charge is 0.391 e. The molecule has 0 heterocycles. The van der Waals surface area contributed by atoms with Crippen LogP contribution in [0.2, 0.25) is 0 Å². The highest BCUT2D eigenvalue weighted by Gasteiger charge is 2.42. The number of amides is 1. The van der Waals surface area contributed by atoms with Gasteiger partial charge in [0, 0.05) is 17.8 Å². The van der Waals surface area contributed by atoms with Crippen LogP contribution in [0.4, 0.5) is 13.2 Å². The first-order valence-electron chi connectivity index (χ1n) is 5.85. The van der Waals surface area contributed by atoms with E-state index in [0.29, 0.717) is 19.4 Å². The van der Waals surface area contributed by atoms with Crippen molar-refractivity contribution >= 4 is 21.8 Å². The maximum Gasteiger partial charge on any atom is 0.391 e. The van der Waals surface area contributed by atoms with Crippen molar-refractivity contribution in [3.05, 3.63) is 0 Å². The molecule has 17 heavy (non-hydrogen) atoms. The molecule has 0 aliphatic heterocycles. The van der Waals surface area contributed by atoms with Crippen molar-refractivity contribution in [2.24, 2.45) is 11.8 Å². The first kappa shape index (κ1) is 14.8. The quantitative estimate of drug-likeness (QED) is 0.626. The molecule has 1 fully saturated rings. The lowest BCUT2D eigenvalue weighted by atomic mass is 9.81. The van der Waals surface area contributed by atoms with Crippen molar-refractivity contribution in [3.8, 4) is 0 Å². The second-order valence-corrected chi connectivity index (χ2v) is 5.22. The maximum atomic E-state index is 12.4. The molecule has 0 unspecified atom stereocenters. The third kappa shape index (κ3) is 4.85. The van der Waals surface area contributed by atoms with Crippen LogP contribution in [-0.2, 0) is 4.79 Å². The van der Waals surface area contributed by atoms with Crippen molar-refractivity contribution in [2.45, 2.75) is 38.3 Å². The average molecular weight is 316 g/mol. The Morgan fingerprint density at radius 2 is 1.82 bits per heavy atom. The molecule has 0 spiro atoms. The standard InChI is InChI=1S/C11H17BrF3NO/c12-6-1-7-16-10(17)8-2-4-9(5-3-8)11(13,14)15/h8-9H,1-7H2,(H,16,17). The van der Waals surface area contributed by atoms with Crippen LogP contribution in [0.3, 0.4) is 0 Å². The number of carbonyl (C=O) groups is 1. The summed E-state index contributed by atoms with van der Waals surface area (Å²) in [6.07, 6.45) is -2.39. The van der Waals surface area contributed by atoms with Crippen LogP contribution in [0.5, 0.6) is 0 Å². The number of hydrogen-bond donors (Lipinski definition) is 1. The van der Waals surface area contributed by atoms with E-state index in [1.807, 2.05) is 0 Å². The van der Waals surface area contributed by atoms with Crippen LogP contribution < -0.4 is 5.32 Å². The van der Waals surface area contributed by atoms with Crippen molar-refractivity contribution < 1.29 is 18.0 Å². The molecule has 1 amide bonds. The Morgan fingerprint density at radius 3 is 2.29 bits per heavy atom. The van der Waals surface area contributed by atoms with Crippen LogP contribution in [0, 0.1) is 11.8 Å². The van der Waals surface area contributed by atoms with Gasteiger partial charge in [-0.3, -0.25) is 4.79 Å². The average Bonchev–Trinajstić information content (AvgIpc) is 2.28. The topological polar surface area (TPSA) is 29.1 Å². The maximum absolute atomic E-state index is 12.4. The SMILES string of the molecule is O=C(NCCCBr)C1CCC(C(F)(F)F)CC1. The number of hydrogen-bond acceptors (Lipinski definition) is 1. The molecule has 0 aromatic carbocycles. The molecule has 1 rings (SSSR count). The van der Waals surface area contributed by atoms with Crippen molar-refractivity contribution in [2.75, 3.05) is 11.9 Å². The van der Waals surface area contributed by atoms with E-state index in [-0.39, 0.29) is 24.7 Å². The summed E-state index contributed by atoms with van der Waals surface area (Å²) in [4.78, 5) is 11.6. The minimum absolute atomic E-state index is 0.0834. The Hall–Kier alpha value is -0.260. The summed E-state index contributed by atoms with van der Waals surface area (Å²) < 4.78 is 37.2. The van der Waals surface area contributed by atoms with Gasteiger partial charge in [0.15, 0.2) is 0 Å². The molecule has 1 aliphatic rings. The minimum atomic E-state index is -4.10. The van der Waals surface area contributed by atoms with Gasteiger partial charge in [0.2, 0.25) is 5.91 Å². The summed E-state index contributed by atoms with van der Waals surface area (Å²) in [5, 5.41) is 3.57. The number of alkyl halides is 4. The highest BCUT2D eigenvalue weighted by atomic mass is 79.9. The molecule has 0 atom stereocenters. The molecular weight excluding hydrogens is 299 g/mol. The first-order valence-corrected chi connectivity index (χ1v) is 6.97. The number of rotatable bonds is 4. The molecule has 0 bridgehead atoms. The molecule has 100 valence electrons. The van der Waals surface area contributed by atoms with Crippen LogP contribution in [0.1, 0.15) is 32.1 Å². The molecule has 0 saturated heterocycles. The monoisotopic (exact) mass is 315 g/mol. The fourth-order valence-corrected chi connectivity index (χ4v) is 2.39. The Morgan fingerprint density at radius 1 is 1.24 bits per heavy atom. The van der Waals surface area contributed by atoms with Crippen LogP contribution >= 0.6 is 15.9 Å². The summed E-state index contributed by atoms with van der Waals surface area (Å²) in [5.41, 5.74) is 0. The predicted molar refractivity (Wildman–Crippen MR) is 62.9 cm³/mol. The summed E-state index contributed by atoms with van der Waals surface area (Å²) in [5.74, 6) is -1.54. The van der Waals surface area contributed by atoms with E-state index in [2.05, 4.69) is 21.2 Å². The summed E-state index contributed by atoms with van der Waals surface area (Å²) in [6, 6.07) is 0. The molecule has 2 nitrogen and oxygen atoms in total. The van der Waals surface area contributed by atoms with E-state index < -0.39 is 12.1 Å². The molecule has 6 heteroatoms. The second kappa shape index (κ2) is 6.61. The fraction of sp³-hybridized carbons (Fsp3) is 0.909. The van der Waals surface area contributed by atoms with Crippen molar-refractivity contribution in [1.82, 2.24) is 5.32 Å². The van der Waals surface area contributed by atoms with Gasteiger partial charge in [-0.15, -0.1) is 0 Å². The van der Waals surface area contributed by atoms with Gasteiger partial charge >= 0.3 is 6.18 Å². The smallest absolute Gasteiger partial charge is 0.356 e. The molecule has 1 N–H and O–H groups in total.